The van der Waals surface area contributed by atoms with E-state index in [0.29, 0.717) is 10.8 Å². The Hall–Kier alpha value is -1.73. The van der Waals surface area contributed by atoms with Crippen molar-refractivity contribution in [3.63, 3.8) is 0 Å². The zero-order valence-corrected chi connectivity index (χ0v) is 9.40. The molecule has 0 fully saturated rings. The molecule has 16 heavy (non-hydrogen) atoms. The molecular weight excluding hydrogens is 230 g/mol. The molecule has 0 spiro atoms. The summed E-state index contributed by atoms with van der Waals surface area (Å²) in [5.74, 6) is -0.302. The Bertz CT molecular complexity index is 397. The zero-order chi connectivity index (χ0) is 12.0. The molecule has 0 aliphatic heterocycles. The lowest BCUT2D eigenvalue weighted by molar-refractivity contribution is -0.148. The highest BCUT2D eigenvalue weighted by Crippen LogP contribution is 2.16. The maximum Gasteiger partial charge on any atom is 0.362 e. The second-order valence-corrected chi connectivity index (χ2v) is 3.27. The Labute approximate surface area is 98.3 Å². The third-order valence-corrected chi connectivity index (χ3v) is 1.94. The van der Waals surface area contributed by atoms with E-state index in [1.165, 1.54) is 0 Å². The van der Waals surface area contributed by atoms with Gasteiger partial charge in [-0.3, -0.25) is 0 Å². The van der Waals surface area contributed by atoms with Gasteiger partial charge in [0.25, 0.3) is 6.10 Å². The highest BCUT2D eigenvalue weighted by molar-refractivity contribution is 6.30. The number of hydrogen-bond donors (Lipinski definition) is 0. The fourth-order valence-electron chi connectivity index (χ4n) is 0.994. The van der Waals surface area contributed by atoms with Crippen LogP contribution < -0.4 is 4.74 Å². The predicted octanol–water partition coefficient (Wildman–Crippen LogP) is 2.17. The van der Waals surface area contributed by atoms with Crippen LogP contribution in [0.3, 0.4) is 0 Å². The van der Waals surface area contributed by atoms with E-state index in [0.717, 1.165) is 0 Å². The molecule has 5 heteroatoms. The summed E-state index contributed by atoms with van der Waals surface area (Å²) < 4.78 is 9.82. The quantitative estimate of drug-likeness (QED) is 0.756. The largest absolute Gasteiger partial charge is 0.464 e. The van der Waals surface area contributed by atoms with Crippen molar-refractivity contribution < 1.29 is 14.3 Å². The van der Waals surface area contributed by atoms with Gasteiger partial charge < -0.3 is 9.47 Å². The van der Waals surface area contributed by atoms with Gasteiger partial charge in [0, 0.05) is 5.02 Å². The van der Waals surface area contributed by atoms with Crippen LogP contribution in [0.2, 0.25) is 5.02 Å². The third-order valence-electron chi connectivity index (χ3n) is 1.69. The van der Waals surface area contributed by atoms with Crippen LogP contribution in [0.4, 0.5) is 0 Å². The van der Waals surface area contributed by atoms with Crippen LogP contribution in [0.15, 0.2) is 24.3 Å². The number of carbonyl (C=O) groups is 1. The lowest BCUT2D eigenvalue weighted by Gasteiger charge is -2.10. The second kappa shape index (κ2) is 5.99. The molecule has 0 aliphatic rings. The maximum absolute atomic E-state index is 11.2. The Morgan fingerprint density at radius 1 is 1.50 bits per heavy atom. The molecule has 0 heterocycles. The highest BCUT2D eigenvalue weighted by atomic mass is 35.5. The lowest BCUT2D eigenvalue weighted by atomic mass is 10.3. The van der Waals surface area contributed by atoms with Crippen LogP contribution in [0.25, 0.3) is 0 Å². The van der Waals surface area contributed by atoms with Crippen LogP contribution in [0.1, 0.15) is 6.92 Å². The van der Waals surface area contributed by atoms with Gasteiger partial charge in [-0.15, -0.1) is 0 Å². The number of esters is 1. The van der Waals surface area contributed by atoms with Gasteiger partial charge in [-0.1, -0.05) is 11.6 Å². The normalized spacial score (nSPS) is 11.3. The van der Waals surface area contributed by atoms with Crippen LogP contribution in [-0.2, 0) is 9.53 Å². The topological polar surface area (TPSA) is 59.3 Å². The molecule has 0 N–H and O–H groups in total. The lowest BCUT2D eigenvalue weighted by Crippen LogP contribution is -2.27. The Balaban J connectivity index is 2.67. The van der Waals surface area contributed by atoms with E-state index in [9.17, 15) is 4.79 Å². The maximum atomic E-state index is 11.2. The number of benzene rings is 1. The fourth-order valence-corrected chi connectivity index (χ4v) is 1.12. The smallest absolute Gasteiger partial charge is 0.362 e. The van der Waals surface area contributed by atoms with E-state index < -0.39 is 12.1 Å². The molecule has 84 valence electrons. The van der Waals surface area contributed by atoms with Gasteiger partial charge in [0.1, 0.15) is 11.8 Å². The molecular formula is C11H10ClNO3. The minimum absolute atomic E-state index is 0.209. The SMILES string of the molecule is CCOC(=O)C(C#N)Oc1ccc(Cl)cc1. The summed E-state index contributed by atoms with van der Waals surface area (Å²) in [5, 5.41) is 9.29. The Morgan fingerprint density at radius 2 is 2.12 bits per heavy atom. The molecule has 0 aromatic heterocycles. The van der Waals surface area contributed by atoms with Gasteiger partial charge in [0.2, 0.25) is 0 Å². The number of rotatable bonds is 4. The molecule has 0 saturated heterocycles. The van der Waals surface area contributed by atoms with Crippen molar-refractivity contribution >= 4 is 17.6 Å². The third kappa shape index (κ3) is 3.44. The minimum Gasteiger partial charge on any atom is -0.464 e. The molecule has 1 unspecified atom stereocenters. The number of hydrogen-bond acceptors (Lipinski definition) is 4. The van der Waals surface area contributed by atoms with Gasteiger partial charge >= 0.3 is 5.97 Å². The first-order valence-corrected chi connectivity index (χ1v) is 5.03. The molecule has 0 amide bonds. The molecule has 0 aliphatic carbocycles. The molecule has 1 rings (SSSR count). The summed E-state index contributed by atoms with van der Waals surface area (Å²) in [6.45, 7) is 1.87. The number of halogens is 1. The van der Waals surface area contributed by atoms with E-state index in [-0.39, 0.29) is 6.61 Å². The number of carbonyl (C=O) groups excluding carboxylic acids is 1. The van der Waals surface area contributed by atoms with Gasteiger partial charge in [0.05, 0.1) is 6.61 Å². The van der Waals surface area contributed by atoms with Crippen molar-refractivity contribution in [2.24, 2.45) is 0 Å². The molecule has 0 saturated carbocycles. The zero-order valence-electron chi connectivity index (χ0n) is 8.64. The summed E-state index contributed by atoms with van der Waals surface area (Å²) >= 11 is 5.68. The van der Waals surface area contributed by atoms with Crippen LogP contribution in [0.5, 0.6) is 5.75 Å². The summed E-state index contributed by atoms with van der Waals surface area (Å²) in [6.07, 6.45) is -1.25. The van der Waals surface area contributed by atoms with Crippen LogP contribution in [-0.4, -0.2) is 18.7 Å². The van der Waals surface area contributed by atoms with Crippen LogP contribution >= 0.6 is 11.6 Å². The molecule has 1 aromatic carbocycles. The summed E-state index contributed by atoms with van der Waals surface area (Å²) in [7, 11) is 0. The van der Waals surface area contributed by atoms with Crippen molar-refractivity contribution in [2.45, 2.75) is 13.0 Å². The molecule has 1 atom stereocenters. The van der Waals surface area contributed by atoms with Gasteiger partial charge in [-0.05, 0) is 31.2 Å². The summed E-state index contributed by atoms with van der Waals surface area (Å²) in [5.41, 5.74) is 0. The first-order valence-electron chi connectivity index (χ1n) is 4.66. The summed E-state index contributed by atoms with van der Waals surface area (Å²) in [6, 6.07) is 8.09. The van der Waals surface area contributed by atoms with Crippen molar-refractivity contribution in [3.05, 3.63) is 29.3 Å². The van der Waals surface area contributed by atoms with E-state index in [2.05, 4.69) is 4.74 Å². The summed E-state index contributed by atoms with van der Waals surface area (Å²) in [4.78, 5) is 11.2. The molecule has 0 radical (unpaired) electrons. The molecule has 1 aromatic rings. The monoisotopic (exact) mass is 239 g/mol. The van der Waals surface area contributed by atoms with Gasteiger partial charge in [-0.25, -0.2) is 4.79 Å². The predicted molar refractivity (Wildman–Crippen MR) is 58.1 cm³/mol. The van der Waals surface area contributed by atoms with E-state index in [4.69, 9.17) is 21.6 Å². The van der Waals surface area contributed by atoms with Crippen molar-refractivity contribution in [1.82, 2.24) is 0 Å². The van der Waals surface area contributed by atoms with E-state index >= 15 is 0 Å². The second-order valence-electron chi connectivity index (χ2n) is 2.83. The highest BCUT2D eigenvalue weighted by Gasteiger charge is 2.20. The van der Waals surface area contributed by atoms with E-state index in [1.807, 2.05) is 0 Å². The number of nitrogens with zero attached hydrogens (tertiary/aromatic N) is 1. The van der Waals surface area contributed by atoms with Gasteiger partial charge in [0.15, 0.2) is 0 Å². The minimum atomic E-state index is -1.25. The Morgan fingerprint density at radius 3 is 2.62 bits per heavy atom. The van der Waals surface area contributed by atoms with E-state index in [1.54, 1.807) is 37.3 Å². The molecule has 0 bridgehead atoms. The fraction of sp³-hybridized carbons (Fsp3) is 0.273. The van der Waals surface area contributed by atoms with Crippen molar-refractivity contribution in [3.8, 4) is 11.8 Å². The molecule has 4 nitrogen and oxygen atoms in total. The van der Waals surface area contributed by atoms with Gasteiger partial charge in [-0.2, -0.15) is 5.26 Å². The van der Waals surface area contributed by atoms with Crippen molar-refractivity contribution in [2.75, 3.05) is 6.61 Å². The van der Waals surface area contributed by atoms with Crippen LogP contribution in [0, 0.1) is 11.3 Å². The number of ether oxygens (including phenoxy) is 2. The Kier molecular flexibility index (Phi) is 4.62. The standard InChI is InChI=1S/C11H10ClNO3/c1-2-15-11(14)10(7-13)16-9-5-3-8(12)4-6-9/h3-6,10H,2H2,1H3. The first-order chi connectivity index (χ1) is 7.67. The number of nitriles is 1. The average molecular weight is 240 g/mol. The average Bonchev–Trinajstić information content (AvgIpc) is 2.28. The first kappa shape index (κ1) is 12.3. The van der Waals surface area contributed by atoms with Crippen molar-refractivity contribution in [1.29, 1.82) is 5.26 Å².